The lowest BCUT2D eigenvalue weighted by atomic mass is 9.72. The highest BCUT2D eigenvalue weighted by atomic mass is 16.7. The summed E-state index contributed by atoms with van der Waals surface area (Å²) in [6, 6.07) is 0. The normalized spacial score (nSPS) is 30.8. The first-order valence-electron chi connectivity index (χ1n) is 5.43. The average Bonchev–Trinajstić information content (AvgIpc) is 2.38. The fourth-order valence-electron chi connectivity index (χ4n) is 1.74. The van der Waals surface area contributed by atoms with Crippen molar-refractivity contribution in [2.24, 2.45) is 0 Å². The largest absolute Gasteiger partial charge is 0.465 e. The third-order valence-electron chi connectivity index (χ3n) is 3.49. The van der Waals surface area contributed by atoms with Gasteiger partial charge in [-0.15, -0.1) is 0 Å². The molecule has 2 fully saturated rings. The molecule has 0 spiro atoms. The van der Waals surface area contributed by atoms with Gasteiger partial charge < -0.3 is 18.8 Å². The molecular weight excluding hydrogens is 195 g/mol. The second-order valence-corrected chi connectivity index (χ2v) is 5.24. The van der Waals surface area contributed by atoms with Crippen molar-refractivity contribution in [2.45, 2.75) is 44.7 Å². The van der Waals surface area contributed by atoms with Crippen LogP contribution in [-0.4, -0.2) is 38.3 Å². The van der Waals surface area contributed by atoms with E-state index >= 15 is 0 Å². The number of rotatable bonds is 1. The van der Waals surface area contributed by atoms with Crippen LogP contribution in [0.15, 0.2) is 0 Å². The monoisotopic (exact) mass is 214 g/mol. The van der Waals surface area contributed by atoms with Crippen molar-refractivity contribution in [3.05, 3.63) is 0 Å². The zero-order valence-corrected chi connectivity index (χ0v) is 9.91. The molecule has 2 aliphatic heterocycles. The van der Waals surface area contributed by atoms with Crippen LogP contribution in [0.2, 0.25) is 5.82 Å². The van der Waals surface area contributed by atoms with Crippen molar-refractivity contribution in [1.82, 2.24) is 0 Å². The van der Waals surface area contributed by atoms with Crippen molar-refractivity contribution < 1.29 is 18.8 Å². The van der Waals surface area contributed by atoms with Gasteiger partial charge in [0.05, 0.1) is 24.4 Å². The van der Waals surface area contributed by atoms with Gasteiger partial charge in [-0.05, 0) is 27.7 Å². The fourth-order valence-corrected chi connectivity index (χ4v) is 1.74. The fraction of sp³-hybridized carbons (Fsp3) is 1.00. The van der Waals surface area contributed by atoms with E-state index in [1.807, 2.05) is 0 Å². The molecule has 2 heterocycles. The maximum absolute atomic E-state index is 5.92. The Morgan fingerprint density at radius 3 is 1.87 bits per heavy atom. The van der Waals surface area contributed by atoms with Crippen LogP contribution in [0.3, 0.4) is 0 Å². The van der Waals surface area contributed by atoms with Gasteiger partial charge >= 0.3 is 7.12 Å². The highest BCUT2D eigenvalue weighted by Crippen LogP contribution is 2.40. The first kappa shape index (κ1) is 11.4. The van der Waals surface area contributed by atoms with E-state index in [0.29, 0.717) is 20.0 Å². The van der Waals surface area contributed by atoms with Crippen LogP contribution in [0.5, 0.6) is 0 Å². The highest BCUT2D eigenvalue weighted by Gasteiger charge is 2.54. The van der Waals surface area contributed by atoms with Gasteiger partial charge in [-0.3, -0.25) is 0 Å². The van der Waals surface area contributed by atoms with Gasteiger partial charge in [0.1, 0.15) is 6.79 Å². The molecule has 0 aliphatic carbocycles. The molecule has 0 radical (unpaired) electrons. The zero-order valence-electron chi connectivity index (χ0n) is 9.91. The van der Waals surface area contributed by atoms with Crippen LogP contribution in [0, 0.1) is 0 Å². The standard InChI is InChI=1S/C10H19BO4/c1-9(2)10(3,4)15-11(14-9)8-5-12-7-13-6-8/h8H,5-7H2,1-4H3. The van der Waals surface area contributed by atoms with Crippen molar-refractivity contribution in [2.75, 3.05) is 20.0 Å². The molecule has 0 aromatic heterocycles. The Kier molecular flexibility index (Phi) is 2.84. The number of hydrogen-bond acceptors (Lipinski definition) is 4. The van der Waals surface area contributed by atoms with E-state index in [-0.39, 0.29) is 24.1 Å². The summed E-state index contributed by atoms with van der Waals surface area (Å²) in [5.41, 5.74) is -0.537. The average molecular weight is 214 g/mol. The molecule has 2 saturated heterocycles. The molecule has 2 aliphatic rings. The maximum atomic E-state index is 5.92. The Balaban J connectivity index is 2.02. The molecule has 0 atom stereocenters. The minimum atomic E-state index is -0.269. The van der Waals surface area contributed by atoms with E-state index in [0.717, 1.165) is 0 Å². The van der Waals surface area contributed by atoms with Crippen LogP contribution in [0.25, 0.3) is 0 Å². The van der Waals surface area contributed by atoms with Crippen molar-refractivity contribution in [3.8, 4) is 0 Å². The molecule has 0 bridgehead atoms. The summed E-state index contributed by atoms with van der Waals surface area (Å²) in [5.74, 6) is 0.180. The smallest absolute Gasteiger partial charge is 0.403 e. The molecule has 0 N–H and O–H groups in total. The summed E-state index contributed by atoms with van der Waals surface area (Å²) in [6.45, 7) is 9.90. The molecule has 4 nitrogen and oxygen atoms in total. The topological polar surface area (TPSA) is 36.9 Å². The van der Waals surface area contributed by atoms with Crippen molar-refractivity contribution >= 4 is 7.12 Å². The summed E-state index contributed by atoms with van der Waals surface area (Å²) < 4.78 is 22.3. The molecule has 0 aromatic rings. The third-order valence-corrected chi connectivity index (χ3v) is 3.49. The van der Waals surface area contributed by atoms with Crippen LogP contribution in [-0.2, 0) is 18.8 Å². The first-order valence-corrected chi connectivity index (χ1v) is 5.43. The van der Waals surface area contributed by atoms with Gasteiger partial charge in [0.25, 0.3) is 0 Å². The minimum absolute atomic E-state index is 0.180. The van der Waals surface area contributed by atoms with Crippen molar-refractivity contribution in [3.63, 3.8) is 0 Å². The second-order valence-electron chi connectivity index (χ2n) is 5.24. The lowest BCUT2D eigenvalue weighted by molar-refractivity contribution is -0.101. The SMILES string of the molecule is CC1(C)OB(C2COCOC2)OC1(C)C. The van der Waals surface area contributed by atoms with Gasteiger partial charge in [-0.2, -0.15) is 0 Å². The summed E-state index contributed by atoms with van der Waals surface area (Å²) in [7, 11) is -0.213. The predicted octanol–water partition coefficient (Wildman–Crippen LogP) is 1.45. The minimum Gasteiger partial charge on any atom is -0.403 e. The van der Waals surface area contributed by atoms with E-state index < -0.39 is 0 Å². The summed E-state index contributed by atoms with van der Waals surface area (Å²) >= 11 is 0. The maximum Gasteiger partial charge on any atom is 0.465 e. The molecule has 0 aromatic carbocycles. The Morgan fingerprint density at radius 2 is 1.40 bits per heavy atom. The van der Waals surface area contributed by atoms with E-state index in [9.17, 15) is 0 Å². The van der Waals surface area contributed by atoms with E-state index in [2.05, 4.69) is 27.7 Å². The molecular formula is C10H19BO4. The second kappa shape index (κ2) is 3.73. The van der Waals surface area contributed by atoms with E-state index in [4.69, 9.17) is 18.8 Å². The summed E-state index contributed by atoms with van der Waals surface area (Å²) in [4.78, 5) is 0. The van der Waals surface area contributed by atoms with Gasteiger partial charge in [0.15, 0.2) is 0 Å². The highest BCUT2D eigenvalue weighted by molar-refractivity contribution is 6.47. The number of ether oxygens (including phenoxy) is 2. The summed E-state index contributed by atoms with van der Waals surface area (Å²) in [5, 5.41) is 0. The van der Waals surface area contributed by atoms with Gasteiger partial charge in [0, 0.05) is 5.82 Å². The molecule has 0 amide bonds. The molecule has 0 unspecified atom stereocenters. The summed E-state index contributed by atoms with van der Waals surface area (Å²) in [6.07, 6.45) is 0. The van der Waals surface area contributed by atoms with Gasteiger partial charge in [-0.1, -0.05) is 0 Å². The molecule has 86 valence electrons. The number of hydrogen-bond donors (Lipinski definition) is 0. The Labute approximate surface area is 91.4 Å². The third kappa shape index (κ3) is 2.06. The van der Waals surface area contributed by atoms with Crippen LogP contribution >= 0.6 is 0 Å². The molecule has 5 heteroatoms. The molecule has 0 saturated carbocycles. The van der Waals surface area contributed by atoms with E-state index in [1.165, 1.54) is 0 Å². The van der Waals surface area contributed by atoms with Gasteiger partial charge in [-0.25, -0.2) is 0 Å². The predicted molar refractivity (Wildman–Crippen MR) is 56.6 cm³/mol. The zero-order chi connectivity index (χ0) is 11.1. The van der Waals surface area contributed by atoms with Crippen molar-refractivity contribution in [1.29, 1.82) is 0 Å². The van der Waals surface area contributed by atoms with Crippen LogP contribution < -0.4 is 0 Å². The Hall–Kier alpha value is -0.0951. The van der Waals surface area contributed by atoms with Crippen LogP contribution in [0.1, 0.15) is 27.7 Å². The molecule has 15 heavy (non-hydrogen) atoms. The van der Waals surface area contributed by atoms with E-state index in [1.54, 1.807) is 0 Å². The first-order chi connectivity index (χ1) is 6.92. The molecule has 2 rings (SSSR count). The van der Waals surface area contributed by atoms with Crippen LogP contribution in [0.4, 0.5) is 0 Å². The Morgan fingerprint density at radius 1 is 0.933 bits per heavy atom. The van der Waals surface area contributed by atoms with Gasteiger partial charge in [0.2, 0.25) is 0 Å². The lowest BCUT2D eigenvalue weighted by Crippen LogP contribution is -2.41. The lowest BCUT2D eigenvalue weighted by Gasteiger charge is -2.32. The quantitative estimate of drug-likeness (QED) is 0.619. The Bertz CT molecular complexity index is 220.